The van der Waals surface area contributed by atoms with Crippen molar-refractivity contribution in [1.82, 2.24) is 4.90 Å². The monoisotopic (exact) mass is 285 g/mol. The van der Waals surface area contributed by atoms with Gasteiger partial charge in [0.05, 0.1) is 12.5 Å². The normalized spacial score (nSPS) is 22.1. The van der Waals surface area contributed by atoms with Crippen LogP contribution < -0.4 is 0 Å². The lowest BCUT2D eigenvalue weighted by Crippen LogP contribution is -2.41. The summed E-state index contributed by atoms with van der Waals surface area (Å²) in [7, 11) is 0. The number of hydrogen-bond acceptors (Lipinski definition) is 3. The van der Waals surface area contributed by atoms with E-state index in [1.54, 1.807) is 0 Å². The molecule has 0 radical (unpaired) electrons. The highest BCUT2D eigenvalue weighted by Gasteiger charge is 2.38. The van der Waals surface area contributed by atoms with Gasteiger partial charge in [0, 0.05) is 13.0 Å². The van der Waals surface area contributed by atoms with Crippen molar-refractivity contribution in [1.29, 1.82) is 0 Å². The van der Waals surface area contributed by atoms with Gasteiger partial charge >= 0.3 is 5.97 Å². The van der Waals surface area contributed by atoms with E-state index in [1.807, 2.05) is 0 Å². The average Bonchev–Trinajstić information content (AvgIpc) is 2.76. The number of likely N-dealkylation sites (tertiary alicyclic amines) is 1. The molecule has 7 heteroatoms. The Morgan fingerprint density at radius 1 is 1.30 bits per heavy atom. The molecule has 1 saturated heterocycles. The zero-order valence-corrected chi connectivity index (χ0v) is 10.4. The number of carboxylic acids is 1. The van der Waals surface area contributed by atoms with Gasteiger partial charge in [0.2, 0.25) is 5.91 Å². The minimum atomic E-state index is -1.19. The van der Waals surface area contributed by atoms with Gasteiger partial charge in [-0.25, -0.2) is 13.6 Å². The summed E-state index contributed by atoms with van der Waals surface area (Å²) in [5.41, 5.74) is 0.249. The number of aliphatic hydroxyl groups excluding tert-OH is 1. The molecule has 0 saturated carbocycles. The maximum atomic E-state index is 13.0. The fraction of sp³-hybridized carbons (Fsp3) is 0.385. The van der Waals surface area contributed by atoms with Crippen LogP contribution in [0.25, 0.3) is 0 Å². The first-order valence-corrected chi connectivity index (χ1v) is 6.02. The molecule has 5 nitrogen and oxygen atoms in total. The summed E-state index contributed by atoms with van der Waals surface area (Å²) in [4.78, 5) is 24.1. The lowest BCUT2D eigenvalue weighted by Gasteiger charge is -2.21. The number of β-amino-alcohol motifs (C(OH)–C–C–N with tert-alkyl or cyclic N) is 1. The van der Waals surface area contributed by atoms with Crippen LogP contribution in [0.1, 0.15) is 12.0 Å². The van der Waals surface area contributed by atoms with E-state index >= 15 is 0 Å². The number of halogens is 2. The second-order valence-electron chi connectivity index (χ2n) is 4.71. The summed E-state index contributed by atoms with van der Waals surface area (Å²) < 4.78 is 25.8. The molecule has 0 spiro atoms. The molecule has 1 fully saturated rings. The van der Waals surface area contributed by atoms with E-state index in [-0.39, 0.29) is 24.9 Å². The van der Waals surface area contributed by atoms with Crippen molar-refractivity contribution >= 4 is 11.9 Å². The molecule has 20 heavy (non-hydrogen) atoms. The zero-order chi connectivity index (χ0) is 14.9. The first-order valence-electron chi connectivity index (χ1n) is 6.02. The number of carbonyl (C=O) groups excluding carboxylic acids is 1. The van der Waals surface area contributed by atoms with Crippen molar-refractivity contribution in [3.63, 3.8) is 0 Å². The van der Waals surface area contributed by atoms with Crippen molar-refractivity contribution in [2.75, 3.05) is 6.54 Å². The molecule has 1 aliphatic rings. The van der Waals surface area contributed by atoms with Crippen LogP contribution in [0.5, 0.6) is 0 Å². The topological polar surface area (TPSA) is 77.8 Å². The van der Waals surface area contributed by atoms with E-state index in [1.165, 1.54) is 6.07 Å². The highest BCUT2D eigenvalue weighted by Crippen LogP contribution is 2.20. The second-order valence-corrected chi connectivity index (χ2v) is 4.71. The third-order valence-electron chi connectivity index (χ3n) is 3.22. The molecule has 2 N–H and O–H groups in total. The molecular weight excluding hydrogens is 272 g/mol. The summed E-state index contributed by atoms with van der Waals surface area (Å²) in [5, 5.41) is 18.4. The largest absolute Gasteiger partial charge is 0.480 e. The summed E-state index contributed by atoms with van der Waals surface area (Å²) in [6.45, 7) is -0.0700. The minimum Gasteiger partial charge on any atom is -0.480 e. The number of aliphatic carboxylic acids is 1. The molecule has 1 aromatic rings. The van der Waals surface area contributed by atoms with Crippen LogP contribution in [0.15, 0.2) is 18.2 Å². The molecule has 108 valence electrons. The van der Waals surface area contributed by atoms with E-state index in [4.69, 9.17) is 5.11 Å². The standard InChI is InChI=1S/C13H13F2NO4/c14-9-2-1-7(3-10(9)15)4-12(18)16-6-8(17)5-11(16)13(19)20/h1-3,8,11,17H,4-6H2,(H,19,20). The molecule has 1 aliphatic heterocycles. The molecule has 0 aromatic heterocycles. The Labute approximate surface area is 113 Å². The highest BCUT2D eigenvalue weighted by atomic mass is 19.2. The number of hydrogen-bond donors (Lipinski definition) is 2. The van der Waals surface area contributed by atoms with Crippen molar-refractivity contribution in [2.45, 2.75) is 25.0 Å². The molecule has 1 amide bonds. The number of carboxylic acid groups (broad SMARTS) is 1. The molecule has 2 unspecified atom stereocenters. The predicted molar refractivity (Wildman–Crippen MR) is 63.8 cm³/mol. The van der Waals surface area contributed by atoms with Gasteiger partial charge in [0.25, 0.3) is 0 Å². The van der Waals surface area contributed by atoms with Crippen molar-refractivity contribution in [3.05, 3.63) is 35.4 Å². The van der Waals surface area contributed by atoms with Gasteiger partial charge in [-0.15, -0.1) is 0 Å². The Morgan fingerprint density at radius 2 is 2.00 bits per heavy atom. The lowest BCUT2D eigenvalue weighted by atomic mass is 10.1. The van der Waals surface area contributed by atoms with E-state index in [9.17, 15) is 23.5 Å². The first-order chi connectivity index (χ1) is 9.38. The fourth-order valence-electron chi connectivity index (χ4n) is 2.25. The van der Waals surface area contributed by atoms with Crippen molar-refractivity contribution in [2.24, 2.45) is 0 Å². The van der Waals surface area contributed by atoms with Crippen LogP contribution in [0.3, 0.4) is 0 Å². The average molecular weight is 285 g/mol. The number of benzene rings is 1. The SMILES string of the molecule is O=C(O)C1CC(O)CN1C(=O)Cc1ccc(F)c(F)c1. The van der Waals surface area contributed by atoms with Crippen LogP contribution in [0, 0.1) is 11.6 Å². The third-order valence-corrected chi connectivity index (χ3v) is 3.22. The summed E-state index contributed by atoms with van der Waals surface area (Å²) in [6.07, 6.45) is -1.16. The van der Waals surface area contributed by atoms with Crippen LogP contribution >= 0.6 is 0 Å². The lowest BCUT2D eigenvalue weighted by molar-refractivity contribution is -0.148. The van der Waals surface area contributed by atoms with E-state index in [0.717, 1.165) is 17.0 Å². The second kappa shape index (κ2) is 5.54. The summed E-state index contributed by atoms with van der Waals surface area (Å²) in [6, 6.07) is 1.99. The molecule has 2 atom stereocenters. The van der Waals surface area contributed by atoms with Crippen LogP contribution in [-0.4, -0.2) is 45.7 Å². The molecular formula is C13H13F2NO4. The third kappa shape index (κ3) is 2.93. The maximum absolute atomic E-state index is 13.0. The molecule has 0 aliphatic carbocycles. The molecule has 2 rings (SSSR count). The number of aliphatic hydroxyl groups is 1. The quantitative estimate of drug-likeness (QED) is 0.850. The smallest absolute Gasteiger partial charge is 0.326 e. The van der Waals surface area contributed by atoms with Crippen LogP contribution in [0.2, 0.25) is 0 Å². The minimum absolute atomic E-state index is 0.0289. The number of rotatable bonds is 3. The van der Waals surface area contributed by atoms with Gasteiger partial charge in [0.15, 0.2) is 11.6 Å². The van der Waals surface area contributed by atoms with Gasteiger partial charge in [-0.3, -0.25) is 4.79 Å². The number of amides is 1. The van der Waals surface area contributed by atoms with E-state index < -0.39 is 35.7 Å². The zero-order valence-electron chi connectivity index (χ0n) is 10.4. The van der Waals surface area contributed by atoms with Gasteiger partial charge < -0.3 is 15.1 Å². The number of carbonyl (C=O) groups is 2. The fourth-order valence-corrected chi connectivity index (χ4v) is 2.25. The van der Waals surface area contributed by atoms with Gasteiger partial charge in [-0.1, -0.05) is 6.07 Å². The summed E-state index contributed by atoms with van der Waals surface area (Å²) in [5.74, 6) is -3.81. The molecule has 1 heterocycles. The molecule has 0 bridgehead atoms. The molecule has 1 aromatic carbocycles. The maximum Gasteiger partial charge on any atom is 0.326 e. The Hall–Kier alpha value is -2.02. The van der Waals surface area contributed by atoms with Gasteiger partial charge in [0.1, 0.15) is 6.04 Å². The Morgan fingerprint density at radius 3 is 2.60 bits per heavy atom. The van der Waals surface area contributed by atoms with Crippen molar-refractivity contribution in [3.8, 4) is 0 Å². The number of nitrogens with zero attached hydrogens (tertiary/aromatic N) is 1. The predicted octanol–water partition coefficient (Wildman–Crippen LogP) is 0.554. The Balaban J connectivity index is 2.11. The van der Waals surface area contributed by atoms with Gasteiger partial charge in [-0.2, -0.15) is 0 Å². The first kappa shape index (κ1) is 14.4. The Kier molecular flexibility index (Phi) is 3.99. The van der Waals surface area contributed by atoms with E-state index in [0.29, 0.717) is 0 Å². The van der Waals surface area contributed by atoms with Crippen LogP contribution in [-0.2, 0) is 16.0 Å². The summed E-state index contributed by atoms with van der Waals surface area (Å²) >= 11 is 0. The highest BCUT2D eigenvalue weighted by molar-refractivity contribution is 5.85. The van der Waals surface area contributed by atoms with Crippen LogP contribution in [0.4, 0.5) is 8.78 Å². The van der Waals surface area contributed by atoms with Crippen molar-refractivity contribution < 1.29 is 28.6 Å². The van der Waals surface area contributed by atoms with Gasteiger partial charge in [-0.05, 0) is 17.7 Å². The Bertz CT molecular complexity index is 549. The van der Waals surface area contributed by atoms with E-state index in [2.05, 4.69) is 0 Å².